The second-order valence-electron chi connectivity index (χ2n) is 6.80. The van der Waals surface area contributed by atoms with Crippen LogP contribution in [0.5, 0.6) is 0 Å². The topological polar surface area (TPSA) is 95.0 Å². The van der Waals surface area contributed by atoms with Crippen molar-refractivity contribution in [3.05, 3.63) is 65.5 Å². The van der Waals surface area contributed by atoms with E-state index in [2.05, 4.69) is 21.5 Å². The highest BCUT2D eigenvalue weighted by molar-refractivity contribution is 5.89. The van der Waals surface area contributed by atoms with Crippen LogP contribution in [0.3, 0.4) is 0 Å². The third-order valence-corrected chi connectivity index (χ3v) is 4.78. The minimum Gasteiger partial charge on any atom is -0.337 e. The molecule has 3 aromatic rings. The number of nitrogens with zero attached hydrogens (tertiary/aromatic N) is 4. The molecule has 1 fully saturated rings. The zero-order chi connectivity index (χ0) is 19.5. The molecule has 1 unspecified atom stereocenters. The number of rotatable bonds is 3. The Bertz CT molecular complexity index is 1040. The number of nitriles is 1. The molecule has 2 aromatic carbocycles. The summed E-state index contributed by atoms with van der Waals surface area (Å²) in [5, 5.41) is 15.8. The van der Waals surface area contributed by atoms with Gasteiger partial charge in [-0.3, -0.25) is 0 Å². The first-order chi connectivity index (χ1) is 13.6. The van der Waals surface area contributed by atoms with Gasteiger partial charge in [-0.05, 0) is 50.1 Å². The van der Waals surface area contributed by atoms with Crippen molar-refractivity contribution in [1.29, 1.82) is 5.26 Å². The number of anilines is 1. The Hall–Kier alpha value is -3.66. The lowest BCUT2D eigenvalue weighted by molar-refractivity contribution is 0.193. The van der Waals surface area contributed by atoms with Crippen LogP contribution >= 0.6 is 0 Å². The predicted molar refractivity (Wildman–Crippen MR) is 103 cm³/mol. The second-order valence-corrected chi connectivity index (χ2v) is 6.80. The number of hydrogen-bond acceptors (Lipinski definition) is 5. The lowest BCUT2D eigenvalue weighted by Gasteiger charge is -2.22. The minimum absolute atomic E-state index is 0.220. The minimum atomic E-state index is -0.246. The molecule has 0 saturated carbocycles. The van der Waals surface area contributed by atoms with Gasteiger partial charge in [-0.1, -0.05) is 28.9 Å². The molecule has 28 heavy (non-hydrogen) atoms. The molecule has 1 aliphatic rings. The van der Waals surface area contributed by atoms with Crippen LogP contribution in [-0.2, 0) is 0 Å². The van der Waals surface area contributed by atoms with Crippen LogP contribution < -0.4 is 5.32 Å². The summed E-state index contributed by atoms with van der Waals surface area (Å²) in [7, 11) is 0. The van der Waals surface area contributed by atoms with Crippen molar-refractivity contribution in [1.82, 2.24) is 15.0 Å². The van der Waals surface area contributed by atoms with E-state index in [1.807, 2.05) is 31.2 Å². The fourth-order valence-corrected chi connectivity index (χ4v) is 3.36. The molecule has 1 N–H and O–H groups in total. The Morgan fingerprint density at radius 1 is 1.29 bits per heavy atom. The van der Waals surface area contributed by atoms with Gasteiger partial charge in [0.25, 0.3) is 0 Å². The van der Waals surface area contributed by atoms with Crippen molar-refractivity contribution in [2.24, 2.45) is 0 Å². The highest BCUT2D eigenvalue weighted by Crippen LogP contribution is 2.32. The van der Waals surface area contributed by atoms with Crippen molar-refractivity contribution < 1.29 is 9.32 Å². The maximum absolute atomic E-state index is 12.7. The van der Waals surface area contributed by atoms with Gasteiger partial charge in [0.15, 0.2) is 0 Å². The number of hydrogen-bond donors (Lipinski definition) is 1. The number of benzene rings is 2. The van der Waals surface area contributed by atoms with E-state index < -0.39 is 0 Å². The van der Waals surface area contributed by atoms with Crippen LogP contribution in [0.4, 0.5) is 10.5 Å². The van der Waals surface area contributed by atoms with Gasteiger partial charge < -0.3 is 14.7 Å². The fourth-order valence-electron chi connectivity index (χ4n) is 3.36. The van der Waals surface area contributed by atoms with Crippen molar-refractivity contribution in [2.45, 2.75) is 25.8 Å². The molecular weight excluding hydrogens is 354 g/mol. The van der Waals surface area contributed by atoms with Gasteiger partial charge in [-0.25, -0.2) is 4.79 Å². The molecule has 0 aliphatic carbocycles. The van der Waals surface area contributed by atoms with E-state index >= 15 is 0 Å². The molecule has 1 atom stereocenters. The summed E-state index contributed by atoms with van der Waals surface area (Å²) in [6.45, 7) is 2.63. The molecular formula is C21H19N5O2. The molecule has 0 bridgehead atoms. The molecule has 140 valence electrons. The third kappa shape index (κ3) is 3.58. The normalized spacial score (nSPS) is 16.0. The standard InChI is InChI=1S/C21H19N5O2/c1-14-4-2-5-16(12-14)19-24-20(28-25-19)18-6-3-11-26(18)21(27)23-17-9-7-15(13-22)8-10-17/h2,4-5,7-10,12,18H,3,6,11H2,1H3,(H,23,27). The van der Waals surface area contributed by atoms with E-state index in [4.69, 9.17) is 9.78 Å². The molecule has 0 radical (unpaired) electrons. The highest BCUT2D eigenvalue weighted by Gasteiger charge is 2.34. The first-order valence-corrected chi connectivity index (χ1v) is 9.12. The van der Waals surface area contributed by atoms with Gasteiger partial charge in [0.2, 0.25) is 11.7 Å². The lowest BCUT2D eigenvalue weighted by Crippen LogP contribution is -2.34. The smallest absolute Gasteiger partial charge is 0.322 e. The summed E-state index contributed by atoms with van der Waals surface area (Å²) < 4.78 is 5.48. The average molecular weight is 373 g/mol. The quantitative estimate of drug-likeness (QED) is 0.739. The summed E-state index contributed by atoms with van der Waals surface area (Å²) in [6.07, 6.45) is 1.64. The van der Waals surface area contributed by atoms with Gasteiger partial charge in [0.1, 0.15) is 6.04 Å². The van der Waals surface area contributed by atoms with Crippen LogP contribution in [-0.4, -0.2) is 27.6 Å². The Labute approximate surface area is 162 Å². The third-order valence-electron chi connectivity index (χ3n) is 4.78. The van der Waals surface area contributed by atoms with Crippen LogP contribution in [0, 0.1) is 18.3 Å². The van der Waals surface area contributed by atoms with E-state index in [9.17, 15) is 4.79 Å². The molecule has 7 heteroatoms. The van der Waals surface area contributed by atoms with Crippen LogP contribution in [0.1, 0.15) is 35.9 Å². The molecule has 1 saturated heterocycles. The van der Waals surface area contributed by atoms with Crippen molar-refractivity contribution >= 4 is 11.7 Å². The van der Waals surface area contributed by atoms with Crippen LogP contribution in [0.2, 0.25) is 0 Å². The van der Waals surface area contributed by atoms with Crippen molar-refractivity contribution in [3.8, 4) is 17.5 Å². The lowest BCUT2D eigenvalue weighted by atomic mass is 10.1. The molecule has 1 aromatic heterocycles. The molecule has 2 amide bonds. The Morgan fingerprint density at radius 2 is 2.11 bits per heavy atom. The van der Waals surface area contributed by atoms with E-state index in [0.717, 1.165) is 24.0 Å². The Kier molecular flexibility index (Phi) is 4.77. The first-order valence-electron chi connectivity index (χ1n) is 9.12. The molecule has 2 heterocycles. The monoisotopic (exact) mass is 373 g/mol. The number of nitrogens with one attached hydrogen (secondary N) is 1. The molecule has 7 nitrogen and oxygen atoms in total. The maximum Gasteiger partial charge on any atom is 0.322 e. The van der Waals surface area contributed by atoms with E-state index in [-0.39, 0.29) is 12.1 Å². The summed E-state index contributed by atoms with van der Waals surface area (Å²) in [5.74, 6) is 0.974. The number of aromatic nitrogens is 2. The summed E-state index contributed by atoms with van der Waals surface area (Å²) >= 11 is 0. The summed E-state index contributed by atoms with van der Waals surface area (Å²) in [4.78, 5) is 19.0. The molecule has 4 rings (SSSR count). The Morgan fingerprint density at radius 3 is 2.86 bits per heavy atom. The number of urea groups is 1. The Balaban J connectivity index is 1.50. The second kappa shape index (κ2) is 7.53. The van der Waals surface area contributed by atoms with E-state index in [1.54, 1.807) is 29.2 Å². The fraction of sp³-hybridized carbons (Fsp3) is 0.238. The van der Waals surface area contributed by atoms with Crippen molar-refractivity contribution in [3.63, 3.8) is 0 Å². The number of carbonyl (C=O) groups is 1. The first kappa shape index (κ1) is 17.7. The summed E-state index contributed by atoms with van der Waals surface area (Å²) in [5.41, 5.74) is 3.20. The average Bonchev–Trinajstić information content (AvgIpc) is 3.38. The predicted octanol–water partition coefficient (Wildman–Crippen LogP) is 4.29. The zero-order valence-corrected chi connectivity index (χ0v) is 15.4. The largest absolute Gasteiger partial charge is 0.337 e. The summed E-state index contributed by atoms with van der Waals surface area (Å²) in [6, 6.07) is 16.3. The number of aryl methyl sites for hydroxylation is 1. The van der Waals surface area contributed by atoms with Gasteiger partial charge in [-0.15, -0.1) is 0 Å². The zero-order valence-electron chi connectivity index (χ0n) is 15.4. The molecule has 0 spiro atoms. The van der Waals surface area contributed by atoms with Crippen LogP contribution in [0.15, 0.2) is 53.1 Å². The number of likely N-dealkylation sites (tertiary alicyclic amines) is 1. The van der Waals surface area contributed by atoms with Crippen molar-refractivity contribution in [2.75, 3.05) is 11.9 Å². The van der Waals surface area contributed by atoms with Gasteiger partial charge >= 0.3 is 6.03 Å². The van der Waals surface area contributed by atoms with Gasteiger partial charge in [-0.2, -0.15) is 10.2 Å². The van der Waals surface area contributed by atoms with Gasteiger partial charge in [0.05, 0.1) is 11.6 Å². The van der Waals surface area contributed by atoms with Crippen LogP contribution in [0.25, 0.3) is 11.4 Å². The van der Waals surface area contributed by atoms with E-state index in [1.165, 1.54) is 0 Å². The van der Waals surface area contributed by atoms with E-state index in [0.29, 0.717) is 29.5 Å². The molecule has 1 aliphatic heterocycles. The number of amides is 2. The SMILES string of the molecule is Cc1cccc(-c2noc(C3CCCN3C(=O)Nc3ccc(C#N)cc3)n2)c1. The maximum atomic E-state index is 12.7. The highest BCUT2D eigenvalue weighted by atomic mass is 16.5. The van der Waals surface area contributed by atoms with Gasteiger partial charge in [0, 0.05) is 17.8 Å². The number of carbonyl (C=O) groups excluding carboxylic acids is 1.